The van der Waals surface area contributed by atoms with Crippen LogP contribution in [0.25, 0.3) is 5.57 Å². The van der Waals surface area contributed by atoms with Gasteiger partial charge in [-0.05, 0) is 98.4 Å². The van der Waals surface area contributed by atoms with Crippen LogP contribution in [0.4, 0.5) is 14.5 Å². The normalized spacial score (nSPS) is 24.5. The fraction of sp³-hybridized carbons (Fsp3) is 0.565. The van der Waals surface area contributed by atoms with Crippen LogP contribution < -0.4 is 29.9 Å². The van der Waals surface area contributed by atoms with E-state index in [0.717, 1.165) is 94.7 Å². The van der Waals surface area contributed by atoms with E-state index in [2.05, 4.69) is 56.3 Å². The number of likely N-dealkylation sites (tertiary alicyclic amines) is 1. The average molecular weight is 931 g/mol. The Morgan fingerprint density at radius 1 is 1.02 bits per heavy atom. The Morgan fingerprint density at radius 2 is 1.79 bits per heavy atom. The molecule has 2 aliphatic carbocycles. The van der Waals surface area contributed by atoms with Crippen molar-refractivity contribution in [1.29, 1.82) is 0 Å². The Bertz CT molecular complexity index is 2240. The zero-order valence-electron chi connectivity index (χ0n) is 36.1. The number of hydrogen-bond donors (Lipinski definition) is 3. The first kappa shape index (κ1) is 46.0. The first-order valence-corrected chi connectivity index (χ1v) is 24.5. The van der Waals surface area contributed by atoms with Gasteiger partial charge in [-0.1, -0.05) is 54.8 Å². The van der Waals surface area contributed by atoms with Gasteiger partial charge < -0.3 is 14.4 Å². The zero-order chi connectivity index (χ0) is 44.3. The van der Waals surface area contributed by atoms with Gasteiger partial charge in [-0.2, -0.15) is 0 Å². The van der Waals surface area contributed by atoms with Crippen LogP contribution in [0.5, 0.6) is 11.6 Å². The maximum Gasteiger partial charge on any atom is 0.268 e. The lowest BCUT2D eigenvalue weighted by Crippen LogP contribution is -2.47. The van der Waals surface area contributed by atoms with E-state index in [-0.39, 0.29) is 57.4 Å². The van der Waals surface area contributed by atoms with E-state index in [1.807, 2.05) is 24.3 Å². The molecule has 2 aromatic carbocycles. The third-order valence-corrected chi connectivity index (χ3v) is 15.4. The second kappa shape index (κ2) is 19.9. The third-order valence-electron chi connectivity index (χ3n) is 13.6. The van der Waals surface area contributed by atoms with E-state index in [9.17, 15) is 22.0 Å². The number of carbonyl (C=O) groups excluding carboxylic acids is 1. The predicted octanol–water partition coefficient (Wildman–Crippen LogP) is 7.33. The minimum Gasteiger partial charge on any atom is -0.489 e. The molecule has 63 heavy (non-hydrogen) atoms. The minimum atomic E-state index is -4.42. The number of amides is 1. The molecule has 0 bridgehead atoms. The van der Waals surface area contributed by atoms with Crippen LogP contribution in [-0.4, -0.2) is 120 Å². The molecule has 1 saturated carbocycles. The van der Waals surface area contributed by atoms with Crippen molar-refractivity contribution >= 4 is 50.4 Å². The number of piperazine rings is 1. The molecule has 8 rings (SSSR count). The van der Waals surface area contributed by atoms with Crippen molar-refractivity contribution in [1.82, 2.24) is 30.4 Å². The Balaban J connectivity index is 0.952. The van der Waals surface area contributed by atoms with E-state index in [4.69, 9.17) is 32.7 Å². The van der Waals surface area contributed by atoms with Crippen LogP contribution in [0.3, 0.4) is 0 Å². The van der Waals surface area contributed by atoms with Crippen molar-refractivity contribution in [2.45, 2.75) is 81.9 Å². The lowest BCUT2D eigenvalue weighted by Gasteiger charge is -2.39. The molecule has 3 saturated heterocycles. The summed E-state index contributed by atoms with van der Waals surface area (Å²) in [5.74, 6) is -0.283. The first-order valence-electron chi connectivity index (χ1n) is 22.2. The third kappa shape index (κ3) is 10.9. The zero-order valence-corrected chi connectivity index (χ0v) is 38.4. The second-order valence-corrected chi connectivity index (χ2v) is 21.1. The number of alkyl halides is 2. The highest BCUT2D eigenvalue weighted by Crippen LogP contribution is 2.43. The summed E-state index contributed by atoms with van der Waals surface area (Å²) in [4.78, 5) is 24.4. The number of pyridine rings is 1. The summed E-state index contributed by atoms with van der Waals surface area (Å²) in [5, 5.41) is 0.690. The number of anilines is 1. The molecule has 3 aromatic rings. The Labute approximate surface area is 380 Å². The molecule has 12 nitrogen and oxygen atoms in total. The quantitative estimate of drug-likeness (QED) is 0.142. The smallest absolute Gasteiger partial charge is 0.268 e. The molecule has 17 heteroatoms. The van der Waals surface area contributed by atoms with Crippen molar-refractivity contribution in [3.05, 3.63) is 81.5 Å². The van der Waals surface area contributed by atoms with Crippen molar-refractivity contribution < 1.29 is 31.5 Å². The number of nitrogens with one attached hydrogen (secondary N) is 3. The highest BCUT2D eigenvalue weighted by atomic mass is 35.5. The van der Waals surface area contributed by atoms with Crippen molar-refractivity contribution in [3.8, 4) is 11.6 Å². The molecule has 1 amide bonds. The molecule has 3 unspecified atom stereocenters. The number of sulfonamides is 1. The average Bonchev–Trinajstić information content (AvgIpc) is 3.96. The van der Waals surface area contributed by atoms with Gasteiger partial charge in [0.1, 0.15) is 35.1 Å². The van der Waals surface area contributed by atoms with Crippen LogP contribution >= 0.6 is 23.2 Å². The molecule has 0 spiro atoms. The largest absolute Gasteiger partial charge is 0.489 e. The Hall–Kier alpha value is -3.57. The number of carbonyl (C=O) groups is 1. The summed E-state index contributed by atoms with van der Waals surface area (Å²) >= 11 is 12.7. The number of halogens is 4. The molecule has 0 radical (unpaired) electrons. The second-order valence-electron chi connectivity index (χ2n) is 18.6. The van der Waals surface area contributed by atoms with Gasteiger partial charge in [-0.25, -0.2) is 26.9 Å². The standard InChI is InChI=1S/C46H59Cl2F2N7O5S/c1-46(2)14-12-32(38(22-46)31-6-8-33(47)9-7-31)28-55-16-18-56(19-17-55)34-10-11-37(43(20-34)62-42-5-3-4-41-39(42)26-52-53-41)44(58)54-63(59,60)36-21-40(48)45(51-25-36)61-29-30-13-15-57(27-30)35(23-49)24-50/h6-11,20-21,25,30,35,39,41-42,52-53H,3-5,12-19,22-24,26-29H2,1-2H3,(H,54,58)/t30-,39?,41?,42?/m1/s1. The van der Waals surface area contributed by atoms with Crippen LogP contribution in [0.15, 0.2) is 65.2 Å². The number of nitrogens with zero attached hydrogens (tertiary/aromatic N) is 4. The van der Waals surface area contributed by atoms with Gasteiger partial charge >= 0.3 is 0 Å². The van der Waals surface area contributed by atoms with E-state index in [1.54, 1.807) is 11.0 Å². The van der Waals surface area contributed by atoms with Crippen molar-refractivity contribution in [3.63, 3.8) is 0 Å². The van der Waals surface area contributed by atoms with Gasteiger partial charge in [0.2, 0.25) is 5.88 Å². The predicted molar refractivity (Wildman–Crippen MR) is 243 cm³/mol. The maximum absolute atomic E-state index is 14.0. The number of hydrazine groups is 1. The monoisotopic (exact) mass is 929 g/mol. The summed E-state index contributed by atoms with van der Waals surface area (Å²) in [7, 11) is -4.42. The van der Waals surface area contributed by atoms with Crippen LogP contribution in [0.1, 0.15) is 74.7 Å². The molecule has 4 fully saturated rings. The number of rotatable bonds is 15. The van der Waals surface area contributed by atoms with E-state index >= 15 is 0 Å². The summed E-state index contributed by atoms with van der Waals surface area (Å²) in [5.41, 5.74) is 12.0. The fourth-order valence-electron chi connectivity index (χ4n) is 9.85. The van der Waals surface area contributed by atoms with E-state index < -0.39 is 35.3 Å². The molecule has 3 aliphatic heterocycles. The molecule has 4 heterocycles. The summed E-state index contributed by atoms with van der Waals surface area (Å²) in [6.45, 7) is 9.32. The topological polar surface area (TPSA) is 128 Å². The minimum absolute atomic E-state index is 0.00577. The number of aromatic nitrogens is 1. The van der Waals surface area contributed by atoms with Crippen LogP contribution in [0, 0.1) is 17.3 Å². The highest BCUT2D eigenvalue weighted by Gasteiger charge is 2.39. The van der Waals surface area contributed by atoms with Gasteiger partial charge in [0, 0.05) is 80.5 Å². The Kier molecular flexibility index (Phi) is 14.5. The van der Waals surface area contributed by atoms with Crippen LogP contribution in [0.2, 0.25) is 10.0 Å². The van der Waals surface area contributed by atoms with Crippen molar-refractivity contribution in [2.75, 3.05) is 77.2 Å². The van der Waals surface area contributed by atoms with Gasteiger partial charge in [0.15, 0.2) is 0 Å². The first-order chi connectivity index (χ1) is 30.3. The van der Waals surface area contributed by atoms with Crippen LogP contribution in [-0.2, 0) is 10.0 Å². The number of benzene rings is 2. The maximum atomic E-state index is 14.0. The fourth-order valence-corrected chi connectivity index (χ4v) is 11.2. The summed E-state index contributed by atoms with van der Waals surface area (Å²) in [6.07, 6.45) is 7.64. The lowest BCUT2D eigenvalue weighted by atomic mass is 9.72. The lowest BCUT2D eigenvalue weighted by molar-refractivity contribution is 0.0876. The molecule has 5 aliphatic rings. The number of allylic oxidation sites excluding steroid dienone is 1. The molecule has 342 valence electrons. The SMILES string of the molecule is CC1(C)CCC(CN2CCN(c3ccc(C(=O)NS(=O)(=O)c4cnc(OC[C@@H]5CCN(C(CF)CF)C5)c(Cl)c4)c(OC4CCCC5NNCC54)c3)CC2)=C(c2ccc(Cl)cc2)C1. The number of fused-ring (bicyclic) bond motifs is 1. The van der Waals surface area contributed by atoms with Gasteiger partial charge in [0.25, 0.3) is 15.9 Å². The molecule has 3 N–H and O–H groups in total. The number of ether oxygens (including phenoxy) is 2. The van der Waals surface area contributed by atoms with Crippen molar-refractivity contribution in [2.24, 2.45) is 17.3 Å². The van der Waals surface area contributed by atoms with E-state index in [1.165, 1.54) is 22.8 Å². The molecule has 4 atom stereocenters. The number of hydrogen-bond acceptors (Lipinski definition) is 11. The molecule has 1 aromatic heterocycles. The Morgan fingerprint density at radius 3 is 2.54 bits per heavy atom. The van der Waals surface area contributed by atoms with E-state index in [0.29, 0.717) is 25.3 Å². The van der Waals surface area contributed by atoms with Gasteiger partial charge in [0.05, 0.1) is 24.4 Å². The summed E-state index contributed by atoms with van der Waals surface area (Å²) < 4.78 is 68.5. The highest BCUT2D eigenvalue weighted by molar-refractivity contribution is 7.90. The van der Waals surface area contributed by atoms with Gasteiger partial charge in [-0.3, -0.25) is 25.4 Å². The van der Waals surface area contributed by atoms with Gasteiger partial charge in [-0.15, -0.1) is 0 Å². The molecular formula is C46H59Cl2F2N7O5S. The summed E-state index contributed by atoms with van der Waals surface area (Å²) in [6, 6.07) is 14.3. The molecular weight excluding hydrogens is 872 g/mol.